The number of ether oxygens (including phenoxy) is 2. The fourth-order valence-corrected chi connectivity index (χ4v) is 2.35. The zero-order valence-corrected chi connectivity index (χ0v) is 11.8. The van der Waals surface area contributed by atoms with Crippen molar-refractivity contribution in [1.82, 2.24) is 9.97 Å². The Bertz CT molecular complexity index is 417. The summed E-state index contributed by atoms with van der Waals surface area (Å²) in [5.41, 5.74) is 0.500. The summed E-state index contributed by atoms with van der Waals surface area (Å²) >= 11 is 6.09. The first-order valence-electron chi connectivity index (χ1n) is 6.25. The van der Waals surface area contributed by atoms with Gasteiger partial charge in [0, 0.05) is 38.9 Å². The van der Waals surface area contributed by atoms with Crippen molar-refractivity contribution < 1.29 is 9.47 Å². The van der Waals surface area contributed by atoms with Gasteiger partial charge in [0.25, 0.3) is 0 Å². The summed E-state index contributed by atoms with van der Waals surface area (Å²) < 4.78 is 11.1. The summed E-state index contributed by atoms with van der Waals surface area (Å²) in [7, 11) is 1.70. The molecule has 5 heteroatoms. The molecule has 0 atom stereocenters. The van der Waals surface area contributed by atoms with Gasteiger partial charge in [-0.15, -0.1) is 0 Å². The van der Waals surface area contributed by atoms with Crippen molar-refractivity contribution in [3.8, 4) is 0 Å². The minimum Gasteiger partial charge on any atom is -0.381 e. The van der Waals surface area contributed by atoms with E-state index in [4.69, 9.17) is 21.1 Å². The maximum atomic E-state index is 6.09. The molecule has 2 rings (SSSR count). The molecule has 1 aliphatic rings. The Morgan fingerprint density at radius 1 is 1.33 bits per heavy atom. The Kier molecular flexibility index (Phi) is 4.20. The number of aromatic nitrogens is 2. The van der Waals surface area contributed by atoms with E-state index in [2.05, 4.69) is 23.8 Å². The second kappa shape index (κ2) is 5.51. The molecule has 1 fully saturated rings. The average molecular weight is 271 g/mol. The van der Waals surface area contributed by atoms with Crippen LogP contribution in [-0.4, -0.2) is 30.3 Å². The van der Waals surface area contributed by atoms with Gasteiger partial charge in [0.05, 0.1) is 0 Å². The first-order chi connectivity index (χ1) is 8.57. The van der Waals surface area contributed by atoms with Gasteiger partial charge < -0.3 is 9.47 Å². The van der Waals surface area contributed by atoms with Crippen LogP contribution in [0.5, 0.6) is 0 Å². The van der Waals surface area contributed by atoms with Crippen LogP contribution in [0.2, 0.25) is 5.15 Å². The lowest BCUT2D eigenvalue weighted by atomic mass is 9.92. The van der Waals surface area contributed by atoms with E-state index in [9.17, 15) is 0 Å². The van der Waals surface area contributed by atoms with Gasteiger partial charge in [0.2, 0.25) is 0 Å². The summed E-state index contributed by atoms with van der Waals surface area (Å²) in [6, 6.07) is 1.82. The van der Waals surface area contributed by atoms with Crippen molar-refractivity contribution in [2.45, 2.75) is 38.2 Å². The smallest absolute Gasteiger partial charge is 0.162 e. The lowest BCUT2D eigenvalue weighted by Gasteiger charge is -2.34. The Labute approximate surface area is 113 Å². The Morgan fingerprint density at radius 2 is 2.00 bits per heavy atom. The lowest BCUT2D eigenvalue weighted by molar-refractivity contribution is -0.100. The molecular formula is C13H19ClN2O2. The highest BCUT2D eigenvalue weighted by atomic mass is 35.5. The minimum absolute atomic E-state index is 0.318. The molecule has 1 aliphatic heterocycles. The molecule has 0 bridgehead atoms. The molecule has 0 saturated carbocycles. The number of hydrogen-bond donors (Lipinski definition) is 0. The summed E-state index contributed by atoms with van der Waals surface area (Å²) in [6.07, 6.45) is 1.53. The first-order valence-corrected chi connectivity index (χ1v) is 6.63. The van der Waals surface area contributed by atoms with Crippen molar-refractivity contribution in [2.75, 3.05) is 20.3 Å². The van der Waals surface area contributed by atoms with Gasteiger partial charge in [-0.2, -0.15) is 0 Å². The summed E-state index contributed by atoms with van der Waals surface area (Å²) in [5, 5.41) is 0.478. The Hall–Kier alpha value is -0.710. The molecule has 100 valence electrons. The van der Waals surface area contributed by atoms with Crippen LogP contribution in [0.3, 0.4) is 0 Å². The highest BCUT2D eigenvalue weighted by molar-refractivity contribution is 6.29. The molecular weight excluding hydrogens is 252 g/mol. The number of rotatable bonds is 3. The molecule has 0 radical (unpaired) electrons. The lowest BCUT2D eigenvalue weighted by Crippen LogP contribution is -2.37. The number of halogens is 1. The predicted octanol–water partition coefficient (Wildman–Crippen LogP) is 2.91. The summed E-state index contributed by atoms with van der Waals surface area (Å²) in [6.45, 7) is 5.51. The third-order valence-electron chi connectivity index (χ3n) is 3.40. The topological polar surface area (TPSA) is 44.2 Å². The molecule has 0 amide bonds. The standard InChI is InChI=1S/C13H19ClN2O2/c1-9(2)10-8-11(14)16-12(15-10)13(17-3)4-6-18-7-5-13/h8-9H,4-7H2,1-3H3. The zero-order valence-electron chi connectivity index (χ0n) is 11.1. The zero-order chi connectivity index (χ0) is 13.2. The molecule has 1 saturated heterocycles. The molecule has 2 heterocycles. The maximum Gasteiger partial charge on any atom is 0.162 e. The SMILES string of the molecule is COC1(c2nc(Cl)cc(C(C)C)n2)CCOCC1. The summed E-state index contributed by atoms with van der Waals surface area (Å²) in [5.74, 6) is 1.00. The van der Waals surface area contributed by atoms with Crippen LogP contribution >= 0.6 is 11.6 Å². The molecule has 0 aromatic carbocycles. The molecule has 0 N–H and O–H groups in total. The van der Waals surface area contributed by atoms with Crippen molar-refractivity contribution in [3.63, 3.8) is 0 Å². The molecule has 4 nitrogen and oxygen atoms in total. The summed E-state index contributed by atoms with van der Waals surface area (Å²) in [4.78, 5) is 8.98. The van der Waals surface area contributed by atoms with Crippen LogP contribution in [-0.2, 0) is 15.1 Å². The third kappa shape index (κ3) is 2.66. The minimum atomic E-state index is -0.452. The number of nitrogens with zero attached hydrogens (tertiary/aromatic N) is 2. The van der Waals surface area contributed by atoms with E-state index in [1.54, 1.807) is 7.11 Å². The average Bonchev–Trinajstić information content (AvgIpc) is 2.38. The van der Waals surface area contributed by atoms with Gasteiger partial charge in [-0.05, 0) is 12.0 Å². The molecule has 0 aliphatic carbocycles. The van der Waals surface area contributed by atoms with E-state index in [0.717, 1.165) is 18.5 Å². The van der Waals surface area contributed by atoms with Crippen LogP contribution in [0, 0.1) is 0 Å². The molecule has 0 unspecified atom stereocenters. The maximum absolute atomic E-state index is 6.09. The van der Waals surface area contributed by atoms with Gasteiger partial charge in [0.1, 0.15) is 10.8 Å². The van der Waals surface area contributed by atoms with Gasteiger partial charge >= 0.3 is 0 Å². The van der Waals surface area contributed by atoms with Gasteiger partial charge in [-0.3, -0.25) is 0 Å². The third-order valence-corrected chi connectivity index (χ3v) is 3.60. The quantitative estimate of drug-likeness (QED) is 0.792. The van der Waals surface area contributed by atoms with Crippen LogP contribution in [0.15, 0.2) is 6.07 Å². The van der Waals surface area contributed by atoms with E-state index < -0.39 is 5.60 Å². The van der Waals surface area contributed by atoms with Gasteiger partial charge in [-0.25, -0.2) is 9.97 Å². The van der Waals surface area contributed by atoms with Crippen molar-refractivity contribution in [1.29, 1.82) is 0 Å². The highest BCUT2D eigenvalue weighted by Crippen LogP contribution is 2.34. The monoisotopic (exact) mass is 270 g/mol. The molecule has 18 heavy (non-hydrogen) atoms. The molecule has 1 aromatic heterocycles. The van der Waals surface area contributed by atoms with E-state index >= 15 is 0 Å². The predicted molar refractivity (Wildman–Crippen MR) is 69.9 cm³/mol. The fourth-order valence-electron chi connectivity index (χ4n) is 2.15. The van der Waals surface area contributed by atoms with E-state index in [-0.39, 0.29) is 0 Å². The fraction of sp³-hybridized carbons (Fsp3) is 0.692. The van der Waals surface area contributed by atoms with Crippen molar-refractivity contribution in [2.24, 2.45) is 0 Å². The van der Waals surface area contributed by atoms with Crippen molar-refractivity contribution in [3.05, 3.63) is 22.7 Å². The van der Waals surface area contributed by atoms with Crippen LogP contribution < -0.4 is 0 Å². The first kappa shape index (κ1) is 13.7. The van der Waals surface area contributed by atoms with E-state index in [1.807, 2.05) is 6.07 Å². The van der Waals surface area contributed by atoms with Crippen LogP contribution in [0.1, 0.15) is 44.1 Å². The molecule has 1 aromatic rings. The second-order valence-electron chi connectivity index (χ2n) is 4.90. The largest absolute Gasteiger partial charge is 0.381 e. The van der Waals surface area contributed by atoms with E-state index in [1.165, 1.54) is 0 Å². The Morgan fingerprint density at radius 3 is 2.56 bits per heavy atom. The number of hydrogen-bond acceptors (Lipinski definition) is 4. The van der Waals surface area contributed by atoms with E-state index in [0.29, 0.717) is 30.1 Å². The molecule has 0 spiro atoms. The van der Waals surface area contributed by atoms with Crippen molar-refractivity contribution >= 4 is 11.6 Å². The van der Waals surface area contributed by atoms with Crippen LogP contribution in [0.25, 0.3) is 0 Å². The van der Waals surface area contributed by atoms with Crippen LogP contribution in [0.4, 0.5) is 0 Å². The number of methoxy groups -OCH3 is 1. The normalized spacial score (nSPS) is 19.2. The Balaban J connectivity index is 2.41. The van der Waals surface area contributed by atoms with Gasteiger partial charge in [-0.1, -0.05) is 25.4 Å². The highest BCUT2D eigenvalue weighted by Gasteiger charge is 2.37. The second-order valence-corrected chi connectivity index (χ2v) is 5.29. The van der Waals surface area contributed by atoms with Gasteiger partial charge in [0.15, 0.2) is 5.82 Å².